The van der Waals surface area contributed by atoms with Gasteiger partial charge in [-0.2, -0.15) is 14.9 Å². The van der Waals surface area contributed by atoms with Crippen LogP contribution in [0.15, 0.2) is 53.6 Å². The molecule has 0 saturated heterocycles. The first-order valence-corrected chi connectivity index (χ1v) is 7.54. The SMILES string of the molecule is S=c1[nH]nc(-c2ccc(Cl)cc2Cl)n1/N=C\c1ccccc1. The average molecular weight is 349 g/mol. The molecule has 0 atom stereocenters. The molecule has 0 aliphatic rings. The molecule has 7 heteroatoms. The van der Waals surface area contributed by atoms with E-state index in [1.807, 2.05) is 30.3 Å². The van der Waals surface area contributed by atoms with Crippen LogP contribution in [0.5, 0.6) is 0 Å². The Morgan fingerprint density at radius 3 is 2.64 bits per heavy atom. The number of nitrogens with zero attached hydrogens (tertiary/aromatic N) is 3. The van der Waals surface area contributed by atoms with Gasteiger partial charge in [-0.1, -0.05) is 53.5 Å². The molecule has 1 heterocycles. The van der Waals surface area contributed by atoms with E-state index >= 15 is 0 Å². The average Bonchev–Trinajstić information content (AvgIpc) is 2.87. The lowest BCUT2D eigenvalue weighted by atomic mass is 10.2. The van der Waals surface area contributed by atoms with Crippen molar-refractivity contribution in [2.24, 2.45) is 5.10 Å². The van der Waals surface area contributed by atoms with Gasteiger partial charge in [0.2, 0.25) is 4.77 Å². The molecule has 1 N–H and O–H groups in total. The first-order valence-electron chi connectivity index (χ1n) is 6.37. The maximum absolute atomic E-state index is 6.22. The van der Waals surface area contributed by atoms with E-state index < -0.39 is 0 Å². The predicted octanol–water partition coefficient (Wildman–Crippen LogP) is 4.80. The number of nitrogens with one attached hydrogen (secondary N) is 1. The van der Waals surface area contributed by atoms with Crippen molar-refractivity contribution < 1.29 is 0 Å². The van der Waals surface area contributed by atoms with Crippen LogP contribution in [-0.4, -0.2) is 21.1 Å². The van der Waals surface area contributed by atoms with Gasteiger partial charge in [-0.3, -0.25) is 0 Å². The third-order valence-corrected chi connectivity index (χ3v) is 3.76. The number of rotatable bonds is 3. The van der Waals surface area contributed by atoms with Crippen LogP contribution in [0.3, 0.4) is 0 Å². The van der Waals surface area contributed by atoms with Gasteiger partial charge < -0.3 is 0 Å². The Morgan fingerprint density at radius 1 is 1.14 bits per heavy atom. The summed E-state index contributed by atoms with van der Waals surface area (Å²) >= 11 is 17.4. The topological polar surface area (TPSA) is 46.0 Å². The van der Waals surface area contributed by atoms with Crippen molar-refractivity contribution in [3.63, 3.8) is 0 Å². The molecule has 0 saturated carbocycles. The van der Waals surface area contributed by atoms with Gasteiger partial charge in [0, 0.05) is 10.6 Å². The van der Waals surface area contributed by atoms with Crippen LogP contribution in [0, 0.1) is 4.77 Å². The lowest BCUT2D eigenvalue weighted by molar-refractivity contribution is 0.871. The van der Waals surface area contributed by atoms with E-state index in [2.05, 4.69) is 15.3 Å². The van der Waals surface area contributed by atoms with Gasteiger partial charge in [0.05, 0.1) is 11.2 Å². The Labute approximate surface area is 142 Å². The van der Waals surface area contributed by atoms with E-state index in [0.29, 0.717) is 26.2 Å². The first kappa shape index (κ1) is 15.0. The van der Waals surface area contributed by atoms with Gasteiger partial charge in [-0.25, -0.2) is 5.10 Å². The Kier molecular flexibility index (Phi) is 4.38. The number of H-pyrrole nitrogens is 1. The van der Waals surface area contributed by atoms with Crippen molar-refractivity contribution in [2.45, 2.75) is 0 Å². The van der Waals surface area contributed by atoms with Crippen LogP contribution in [-0.2, 0) is 0 Å². The highest BCUT2D eigenvalue weighted by molar-refractivity contribution is 7.71. The Bertz CT molecular complexity index is 884. The third kappa shape index (κ3) is 3.11. The minimum atomic E-state index is 0.383. The number of halogens is 2. The molecule has 0 fully saturated rings. The van der Waals surface area contributed by atoms with Gasteiger partial charge in [0.1, 0.15) is 0 Å². The molecule has 0 amide bonds. The number of aromatic amines is 1. The van der Waals surface area contributed by atoms with Crippen LogP contribution in [0.1, 0.15) is 5.56 Å². The smallest absolute Gasteiger partial charge is 0.216 e. The summed E-state index contributed by atoms with van der Waals surface area (Å²) in [5, 5.41) is 12.3. The third-order valence-electron chi connectivity index (χ3n) is 2.94. The number of benzene rings is 2. The lowest BCUT2D eigenvalue weighted by Gasteiger charge is -2.03. The van der Waals surface area contributed by atoms with Crippen LogP contribution in [0.4, 0.5) is 0 Å². The standard InChI is InChI=1S/C15H10Cl2N4S/c16-11-6-7-12(13(17)8-11)14-19-20-15(22)21(14)18-9-10-4-2-1-3-5-10/h1-9H,(H,20,22)/b18-9-. The molecule has 0 bridgehead atoms. The maximum Gasteiger partial charge on any atom is 0.216 e. The van der Waals surface area contributed by atoms with Crippen molar-refractivity contribution >= 4 is 41.6 Å². The van der Waals surface area contributed by atoms with Crippen LogP contribution in [0.2, 0.25) is 10.0 Å². The summed E-state index contributed by atoms with van der Waals surface area (Å²) in [4.78, 5) is 0. The van der Waals surface area contributed by atoms with Gasteiger partial charge >= 0.3 is 0 Å². The van der Waals surface area contributed by atoms with E-state index in [4.69, 9.17) is 35.4 Å². The quantitative estimate of drug-likeness (QED) is 0.545. The molecule has 3 rings (SSSR count). The van der Waals surface area contributed by atoms with Crippen LogP contribution < -0.4 is 0 Å². The molecule has 1 aromatic heterocycles. The van der Waals surface area contributed by atoms with Gasteiger partial charge in [-0.05, 0) is 36.0 Å². The van der Waals surface area contributed by atoms with Gasteiger partial charge in [0.25, 0.3) is 0 Å². The largest absolute Gasteiger partial charge is 0.250 e. The van der Waals surface area contributed by atoms with Crippen LogP contribution >= 0.6 is 35.4 Å². The van der Waals surface area contributed by atoms with Gasteiger partial charge in [-0.15, -0.1) is 0 Å². The zero-order chi connectivity index (χ0) is 15.5. The van der Waals surface area contributed by atoms with Crippen molar-refractivity contribution in [2.75, 3.05) is 0 Å². The monoisotopic (exact) mass is 348 g/mol. The predicted molar refractivity (Wildman–Crippen MR) is 92.3 cm³/mol. The summed E-state index contributed by atoms with van der Waals surface area (Å²) in [7, 11) is 0. The fourth-order valence-electron chi connectivity index (χ4n) is 1.91. The summed E-state index contributed by atoms with van der Waals surface area (Å²) < 4.78 is 1.91. The zero-order valence-electron chi connectivity index (χ0n) is 11.2. The Morgan fingerprint density at radius 2 is 1.91 bits per heavy atom. The van der Waals surface area contributed by atoms with E-state index in [9.17, 15) is 0 Å². The van der Waals surface area contributed by atoms with E-state index in [1.165, 1.54) is 4.68 Å². The molecule has 3 aromatic rings. The summed E-state index contributed by atoms with van der Waals surface area (Å²) in [6, 6.07) is 14.9. The van der Waals surface area contributed by atoms with E-state index in [1.54, 1.807) is 24.4 Å². The second-order valence-electron chi connectivity index (χ2n) is 4.44. The fourth-order valence-corrected chi connectivity index (χ4v) is 2.58. The van der Waals surface area contributed by atoms with Crippen molar-refractivity contribution in [3.8, 4) is 11.4 Å². The molecule has 0 spiro atoms. The Balaban J connectivity index is 2.05. The molecule has 110 valence electrons. The van der Waals surface area contributed by atoms with E-state index in [0.717, 1.165) is 5.56 Å². The van der Waals surface area contributed by atoms with E-state index in [-0.39, 0.29) is 0 Å². The second kappa shape index (κ2) is 6.44. The minimum Gasteiger partial charge on any atom is -0.250 e. The highest BCUT2D eigenvalue weighted by Gasteiger charge is 2.12. The molecule has 2 aromatic carbocycles. The normalized spacial score (nSPS) is 11.2. The lowest BCUT2D eigenvalue weighted by Crippen LogP contribution is -1.95. The molecule has 0 radical (unpaired) electrons. The second-order valence-corrected chi connectivity index (χ2v) is 5.67. The maximum atomic E-state index is 6.22. The van der Waals surface area contributed by atoms with Crippen molar-refractivity contribution in [1.29, 1.82) is 0 Å². The first-order chi connectivity index (χ1) is 10.6. The number of hydrogen-bond acceptors (Lipinski definition) is 3. The Hall–Kier alpha value is -1.95. The van der Waals surface area contributed by atoms with Crippen molar-refractivity contribution in [3.05, 3.63) is 68.9 Å². The molecular weight excluding hydrogens is 339 g/mol. The zero-order valence-corrected chi connectivity index (χ0v) is 13.5. The molecule has 4 nitrogen and oxygen atoms in total. The molecular formula is C15H10Cl2N4S. The highest BCUT2D eigenvalue weighted by Crippen LogP contribution is 2.29. The molecule has 0 aliphatic carbocycles. The summed E-state index contributed by atoms with van der Waals surface area (Å²) in [6.45, 7) is 0. The fraction of sp³-hybridized carbons (Fsp3) is 0. The summed E-state index contributed by atoms with van der Waals surface area (Å²) in [6.07, 6.45) is 1.71. The van der Waals surface area contributed by atoms with Crippen LogP contribution in [0.25, 0.3) is 11.4 Å². The molecule has 22 heavy (non-hydrogen) atoms. The molecule has 0 aliphatic heterocycles. The summed E-state index contributed by atoms with van der Waals surface area (Å²) in [5.41, 5.74) is 1.65. The molecule has 0 unspecified atom stereocenters. The number of hydrogen-bond donors (Lipinski definition) is 1. The highest BCUT2D eigenvalue weighted by atomic mass is 35.5. The van der Waals surface area contributed by atoms with Gasteiger partial charge in [0.15, 0.2) is 5.82 Å². The van der Waals surface area contributed by atoms with Crippen molar-refractivity contribution in [1.82, 2.24) is 14.9 Å². The minimum absolute atomic E-state index is 0.383. The summed E-state index contributed by atoms with van der Waals surface area (Å²) in [5.74, 6) is 0.527. The number of aromatic nitrogens is 3.